The van der Waals surface area contributed by atoms with E-state index in [-0.39, 0.29) is 24.3 Å². The van der Waals surface area contributed by atoms with Crippen LogP contribution >= 0.6 is 0 Å². The first-order valence-electron chi connectivity index (χ1n) is 10.0. The molecule has 0 aliphatic carbocycles. The summed E-state index contributed by atoms with van der Waals surface area (Å²) in [5.41, 5.74) is 2.95. The summed E-state index contributed by atoms with van der Waals surface area (Å²) in [5.74, 6) is -0.152. The second kappa shape index (κ2) is 8.36. The first kappa shape index (κ1) is 19.6. The molecule has 0 bridgehead atoms. The molecule has 0 spiro atoms. The highest BCUT2D eigenvalue weighted by atomic mass is 16.2. The van der Waals surface area contributed by atoms with Gasteiger partial charge in [0.15, 0.2) is 0 Å². The molecule has 8 nitrogen and oxygen atoms in total. The summed E-state index contributed by atoms with van der Waals surface area (Å²) in [4.78, 5) is 42.7. The highest BCUT2D eigenvalue weighted by Crippen LogP contribution is 2.22. The molecular weight excluding hydrogens is 382 g/mol. The van der Waals surface area contributed by atoms with Gasteiger partial charge in [-0.1, -0.05) is 12.1 Å². The van der Waals surface area contributed by atoms with E-state index in [1.165, 1.54) is 0 Å². The Hall–Kier alpha value is -3.68. The Morgan fingerprint density at radius 3 is 2.57 bits per heavy atom. The van der Waals surface area contributed by atoms with Gasteiger partial charge in [0.05, 0.1) is 17.6 Å². The number of fused-ring (bicyclic) bond motifs is 1. The molecule has 0 saturated carbocycles. The zero-order chi connectivity index (χ0) is 21.1. The van der Waals surface area contributed by atoms with Gasteiger partial charge in [0.1, 0.15) is 0 Å². The predicted octanol–water partition coefficient (Wildman–Crippen LogP) is 2.55. The molecule has 0 atom stereocenters. The Bertz CT molecular complexity index is 1100. The first-order valence-corrected chi connectivity index (χ1v) is 10.0. The monoisotopic (exact) mass is 405 g/mol. The van der Waals surface area contributed by atoms with Crippen LogP contribution in [0.4, 0.5) is 11.6 Å². The number of imidazole rings is 1. The number of aryl methyl sites for hydroxylation is 1. The second-order valence-electron chi connectivity index (χ2n) is 7.10. The van der Waals surface area contributed by atoms with E-state index in [4.69, 9.17) is 0 Å². The standard InChI is InChI=1S/C22H23N5O3/c1-2-26-18-7-4-3-6-17(18)24-22(26)25-19(28)14-23-21(30)15-9-11-16(12-10-15)27-13-5-8-20(27)29/h3-4,6-7,9-12H,2,5,8,13-14H2,1H3,(H,23,30)(H,24,25,28). The Balaban J connectivity index is 1.36. The van der Waals surface area contributed by atoms with Crippen LogP contribution < -0.4 is 15.5 Å². The summed E-state index contributed by atoms with van der Waals surface area (Å²) in [6.07, 6.45) is 1.41. The minimum Gasteiger partial charge on any atom is -0.343 e. The Labute approximate surface area is 173 Å². The maximum Gasteiger partial charge on any atom is 0.251 e. The van der Waals surface area contributed by atoms with Crippen molar-refractivity contribution in [2.75, 3.05) is 23.3 Å². The van der Waals surface area contributed by atoms with E-state index >= 15 is 0 Å². The molecule has 2 heterocycles. The number of anilines is 2. The number of benzene rings is 2. The molecular formula is C22H23N5O3. The van der Waals surface area contributed by atoms with Crippen molar-refractivity contribution in [1.82, 2.24) is 14.9 Å². The number of carbonyl (C=O) groups excluding carboxylic acids is 3. The van der Waals surface area contributed by atoms with E-state index in [2.05, 4.69) is 15.6 Å². The zero-order valence-electron chi connectivity index (χ0n) is 16.7. The van der Waals surface area contributed by atoms with Crippen LogP contribution in [0, 0.1) is 0 Å². The number of carbonyl (C=O) groups is 3. The maximum absolute atomic E-state index is 12.4. The molecule has 30 heavy (non-hydrogen) atoms. The third kappa shape index (κ3) is 3.89. The summed E-state index contributed by atoms with van der Waals surface area (Å²) in [5, 5.41) is 5.38. The molecule has 4 rings (SSSR count). The van der Waals surface area contributed by atoms with Crippen LogP contribution in [0.1, 0.15) is 30.1 Å². The number of nitrogens with zero attached hydrogens (tertiary/aromatic N) is 3. The van der Waals surface area contributed by atoms with E-state index in [1.807, 2.05) is 35.8 Å². The average molecular weight is 405 g/mol. The number of hydrogen-bond donors (Lipinski definition) is 2. The van der Waals surface area contributed by atoms with Crippen LogP contribution in [-0.4, -0.2) is 40.4 Å². The Morgan fingerprint density at radius 2 is 1.87 bits per heavy atom. The lowest BCUT2D eigenvalue weighted by atomic mass is 10.2. The number of para-hydroxylation sites is 2. The van der Waals surface area contributed by atoms with Gasteiger partial charge in [0, 0.05) is 30.8 Å². The molecule has 8 heteroatoms. The predicted molar refractivity (Wildman–Crippen MR) is 114 cm³/mol. The number of amides is 3. The van der Waals surface area contributed by atoms with E-state index in [9.17, 15) is 14.4 Å². The summed E-state index contributed by atoms with van der Waals surface area (Å²) < 4.78 is 1.91. The third-order valence-corrected chi connectivity index (χ3v) is 5.15. The second-order valence-corrected chi connectivity index (χ2v) is 7.10. The zero-order valence-corrected chi connectivity index (χ0v) is 16.7. The van der Waals surface area contributed by atoms with Crippen LogP contribution in [0.15, 0.2) is 48.5 Å². The molecule has 0 radical (unpaired) electrons. The lowest BCUT2D eigenvalue weighted by molar-refractivity contribution is -0.117. The van der Waals surface area contributed by atoms with Gasteiger partial charge < -0.3 is 14.8 Å². The molecule has 154 valence electrons. The van der Waals surface area contributed by atoms with Crippen LogP contribution in [0.3, 0.4) is 0 Å². The minimum atomic E-state index is -0.354. The van der Waals surface area contributed by atoms with Gasteiger partial charge in [0.2, 0.25) is 17.8 Å². The van der Waals surface area contributed by atoms with Gasteiger partial charge in [-0.05, 0) is 49.7 Å². The molecule has 1 saturated heterocycles. The molecule has 2 aromatic carbocycles. The number of aromatic nitrogens is 2. The fraction of sp³-hybridized carbons (Fsp3) is 0.273. The van der Waals surface area contributed by atoms with Gasteiger partial charge in [-0.2, -0.15) is 0 Å². The van der Waals surface area contributed by atoms with Crippen molar-refractivity contribution >= 4 is 40.4 Å². The molecule has 3 aromatic rings. The summed E-state index contributed by atoms with van der Waals surface area (Å²) in [7, 11) is 0. The number of nitrogens with one attached hydrogen (secondary N) is 2. The Morgan fingerprint density at radius 1 is 1.10 bits per heavy atom. The van der Waals surface area contributed by atoms with Gasteiger partial charge in [-0.15, -0.1) is 0 Å². The van der Waals surface area contributed by atoms with Gasteiger partial charge in [0.25, 0.3) is 5.91 Å². The van der Waals surface area contributed by atoms with Crippen molar-refractivity contribution < 1.29 is 14.4 Å². The Kier molecular flexibility index (Phi) is 5.47. The molecule has 3 amide bonds. The van der Waals surface area contributed by atoms with Gasteiger partial charge in [-0.3, -0.25) is 19.7 Å². The quantitative estimate of drug-likeness (QED) is 0.659. The topological polar surface area (TPSA) is 96.3 Å². The van der Waals surface area contributed by atoms with Crippen molar-refractivity contribution in [2.45, 2.75) is 26.3 Å². The summed E-state index contributed by atoms with van der Waals surface area (Å²) in [6.45, 7) is 3.17. The summed E-state index contributed by atoms with van der Waals surface area (Å²) in [6, 6.07) is 14.5. The van der Waals surface area contributed by atoms with Crippen LogP contribution in [0.25, 0.3) is 11.0 Å². The van der Waals surface area contributed by atoms with Crippen molar-refractivity contribution in [3.8, 4) is 0 Å². The van der Waals surface area contributed by atoms with Crippen LogP contribution in [-0.2, 0) is 16.1 Å². The van der Waals surface area contributed by atoms with Crippen molar-refractivity contribution in [3.63, 3.8) is 0 Å². The van der Waals surface area contributed by atoms with Gasteiger partial charge >= 0.3 is 0 Å². The number of hydrogen-bond acceptors (Lipinski definition) is 4. The lowest BCUT2D eigenvalue weighted by Crippen LogP contribution is -2.33. The smallest absolute Gasteiger partial charge is 0.251 e. The van der Waals surface area contributed by atoms with E-state index in [0.717, 1.165) is 23.1 Å². The maximum atomic E-state index is 12.4. The minimum absolute atomic E-state index is 0.0990. The lowest BCUT2D eigenvalue weighted by Gasteiger charge is -2.15. The molecule has 1 aromatic heterocycles. The molecule has 2 N–H and O–H groups in total. The van der Waals surface area contributed by atoms with E-state index < -0.39 is 0 Å². The van der Waals surface area contributed by atoms with E-state index in [0.29, 0.717) is 31.0 Å². The van der Waals surface area contributed by atoms with Gasteiger partial charge in [-0.25, -0.2) is 4.98 Å². The molecule has 1 fully saturated rings. The largest absolute Gasteiger partial charge is 0.343 e. The average Bonchev–Trinajstić information content (AvgIpc) is 3.34. The van der Waals surface area contributed by atoms with Crippen molar-refractivity contribution in [3.05, 3.63) is 54.1 Å². The highest BCUT2D eigenvalue weighted by molar-refractivity contribution is 6.00. The molecule has 1 aliphatic rings. The SMILES string of the molecule is CCn1c(NC(=O)CNC(=O)c2ccc(N3CCCC3=O)cc2)nc2ccccc21. The third-order valence-electron chi connectivity index (χ3n) is 5.15. The number of rotatable bonds is 6. The van der Waals surface area contributed by atoms with Crippen LogP contribution in [0.5, 0.6) is 0 Å². The van der Waals surface area contributed by atoms with E-state index in [1.54, 1.807) is 29.2 Å². The molecule has 0 unspecified atom stereocenters. The first-order chi connectivity index (χ1) is 14.6. The fourth-order valence-corrected chi connectivity index (χ4v) is 3.64. The fourth-order valence-electron chi connectivity index (χ4n) is 3.64. The molecule has 1 aliphatic heterocycles. The highest BCUT2D eigenvalue weighted by Gasteiger charge is 2.21. The van der Waals surface area contributed by atoms with Crippen molar-refractivity contribution in [2.24, 2.45) is 0 Å². The van der Waals surface area contributed by atoms with Crippen LogP contribution in [0.2, 0.25) is 0 Å². The normalized spacial score (nSPS) is 13.6. The van der Waals surface area contributed by atoms with Crippen molar-refractivity contribution in [1.29, 1.82) is 0 Å². The summed E-state index contributed by atoms with van der Waals surface area (Å²) >= 11 is 0.